The molecule has 0 radical (unpaired) electrons. The van der Waals surface area contributed by atoms with Crippen LogP contribution in [-0.4, -0.2) is 25.1 Å². The molecule has 0 aromatic heterocycles. The number of nitrogens with one attached hydrogen (secondary N) is 1. The molecule has 1 aliphatic rings. The molecule has 4 nitrogen and oxygen atoms in total. The summed E-state index contributed by atoms with van der Waals surface area (Å²) >= 11 is 6.11. The fraction of sp³-hybridized carbons (Fsp3) is 0.462. The zero-order chi connectivity index (χ0) is 13.2. The van der Waals surface area contributed by atoms with E-state index in [0.29, 0.717) is 18.0 Å². The SMILES string of the molecule is COc1ccc(CCNC(=O)C2(N)CC2)c(Cl)c1. The summed E-state index contributed by atoms with van der Waals surface area (Å²) in [5, 5.41) is 3.49. The number of carbonyl (C=O) groups excluding carboxylic acids is 1. The van der Waals surface area contributed by atoms with Crippen molar-refractivity contribution in [3.8, 4) is 5.75 Å². The third kappa shape index (κ3) is 2.94. The van der Waals surface area contributed by atoms with Crippen molar-refractivity contribution >= 4 is 17.5 Å². The molecule has 0 aliphatic heterocycles. The zero-order valence-electron chi connectivity index (χ0n) is 10.3. The Labute approximate surface area is 111 Å². The number of hydrogen-bond donors (Lipinski definition) is 2. The Bertz CT molecular complexity index is 458. The fourth-order valence-corrected chi connectivity index (χ4v) is 1.97. The van der Waals surface area contributed by atoms with Crippen molar-refractivity contribution in [2.75, 3.05) is 13.7 Å². The lowest BCUT2D eigenvalue weighted by molar-refractivity contribution is -0.123. The van der Waals surface area contributed by atoms with Gasteiger partial charge in [-0.25, -0.2) is 0 Å². The maximum atomic E-state index is 11.6. The normalized spacial score (nSPS) is 16.2. The lowest BCUT2D eigenvalue weighted by atomic mass is 10.1. The molecule has 1 aromatic rings. The quantitative estimate of drug-likeness (QED) is 0.851. The molecule has 1 saturated carbocycles. The molecule has 1 amide bonds. The van der Waals surface area contributed by atoms with Gasteiger partial charge in [0.25, 0.3) is 0 Å². The predicted octanol–water partition coefficient (Wildman–Crippen LogP) is 1.50. The molecule has 0 bridgehead atoms. The van der Waals surface area contributed by atoms with Gasteiger partial charge in [-0.2, -0.15) is 0 Å². The number of amides is 1. The Morgan fingerprint density at radius 2 is 2.28 bits per heavy atom. The molecular formula is C13H17ClN2O2. The molecule has 98 valence electrons. The van der Waals surface area contributed by atoms with E-state index in [0.717, 1.165) is 24.2 Å². The lowest BCUT2D eigenvalue weighted by Crippen LogP contribution is -2.43. The molecule has 0 heterocycles. The van der Waals surface area contributed by atoms with Crippen LogP contribution in [0.4, 0.5) is 0 Å². The second-order valence-corrected chi connectivity index (χ2v) is 5.03. The molecule has 1 aliphatic carbocycles. The minimum atomic E-state index is -0.607. The van der Waals surface area contributed by atoms with Gasteiger partial charge in [-0.3, -0.25) is 4.79 Å². The number of rotatable bonds is 5. The molecule has 0 atom stereocenters. The number of benzene rings is 1. The van der Waals surface area contributed by atoms with Crippen molar-refractivity contribution in [2.45, 2.75) is 24.8 Å². The highest BCUT2D eigenvalue weighted by molar-refractivity contribution is 6.31. The summed E-state index contributed by atoms with van der Waals surface area (Å²) < 4.78 is 5.07. The molecule has 3 N–H and O–H groups in total. The first-order valence-corrected chi connectivity index (χ1v) is 6.32. The Hall–Kier alpha value is -1.26. The van der Waals surface area contributed by atoms with Gasteiger partial charge < -0.3 is 15.8 Å². The first-order valence-electron chi connectivity index (χ1n) is 5.95. The summed E-state index contributed by atoms with van der Waals surface area (Å²) in [4.78, 5) is 11.6. The Morgan fingerprint density at radius 1 is 1.56 bits per heavy atom. The highest BCUT2D eigenvalue weighted by atomic mass is 35.5. The summed E-state index contributed by atoms with van der Waals surface area (Å²) in [7, 11) is 1.60. The van der Waals surface area contributed by atoms with Crippen LogP contribution in [-0.2, 0) is 11.2 Å². The first-order chi connectivity index (χ1) is 8.55. The zero-order valence-corrected chi connectivity index (χ0v) is 11.1. The molecule has 0 unspecified atom stereocenters. The topological polar surface area (TPSA) is 64.3 Å². The largest absolute Gasteiger partial charge is 0.497 e. The highest BCUT2D eigenvalue weighted by Gasteiger charge is 2.45. The number of halogens is 1. The molecule has 0 spiro atoms. The van der Waals surface area contributed by atoms with Gasteiger partial charge in [-0.1, -0.05) is 17.7 Å². The third-order valence-electron chi connectivity index (χ3n) is 3.18. The monoisotopic (exact) mass is 268 g/mol. The van der Waals surface area contributed by atoms with Crippen molar-refractivity contribution < 1.29 is 9.53 Å². The second-order valence-electron chi connectivity index (χ2n) is 4.62. The second kappa shape index (κ2) is 5.16. The van der Waals surface area contributed by atoms with Gasteiger partial charge in [0.1, 0.15) is 5.75 Å². The van der Waals surface area contributed by atoms with Crippen molar-refractivity contribution in [3.05, 3.63) is 28.8 Å². The van der Waals surface area contributed by atoms with Crippen molar-refractivity contribution in [2.24, 2.45) is 5.73 Å². The highest BCUT2D eigenvalue weighted by Crippen LogP contribution is 2.32. The third-order valence-corrected chi connectivity index (χ3v) is 3.53. The van der Waals surface area contributed by atoms with E-state index in [2.05, 4.69) is 5.32 Å². The molecular weight excluding hydrogens is 252 g/mol. The van der Waals surface area contributed by atoms with Gasteiger partial charge in [-0.05, 0) is 37.0 Å². The molecule has 1 fully saturated rings. The fourth-order valence-electron chi connectivity index (χ4n) is 1.71. The van der Waals surface area contributed by atoms with Crippen molar-refractivity contribution in [1.29, 1.82) is 0 Å². The summed E-state index contributed by atoms with van der Waals surface area (Å²) in [6.45, 7) is 0.545. The van der Waals surface area contributed by atoms with Crippen LogP contribution < -0.4 is 15.8 Å². The van der Waals surface area contributed by atoms with Crippen LogP contribution in [0.3, 0.4) is 0 Å². The van der Waals surface area contributed by atoms with Gasteiger partial charge in [0.05, 0.1) is 12.6 Å². The van der Waals surface area contributed by atoms with E-state index in [1.165, 1.54) is 0 Å². The molecule has 2 rings (SSSR count). The minimum Gasteiger partial charge on any atom is -0.497 e. The molecule has 5 heteroatoms. The Morgan fingerprint density at radius 3 is 2.83 bits per heavy atom. The average Bonchev–Trinajstić information content (AvgIpc) is 3.10. The number of ether oxygens (including phenoxy) is 1. The number of nitrogens with two attached hydrogens (primary N) is 1. The van der Waals surface area contributed by atoms with E-state index >= 15 is 0 Å². The number of hydrogen-bond acceptors (Lipinski definition) is 3. The summed E-state index contributed by atoms with van der Waals surface area (Å²) in [6, 6.07) is 5.53. The van der Waals surface area contributed by atoms with Crippen molar-refractivity contribution in [3.63, 3.8) is 0 Å². The van der Waals surface area contributed by atoms with Gasteiger partial charge >= 0.3 is 0 Å². The summed E-state index contributed by atoms with van der Waals surface area (Å²) in [6.07, 6.45) is 2.24. The van der Waals surface area contributed by atoms with E-state index in [1.807, 2.05) is 12.1 Å². The average molecular weight is 269 g/mol. The summed E-state index contributed by atoms with van der Waals surface area (Å²) in [5.41, 5.74) is 6.16. The lowest BCUT2D eigenvalue weighted by Gasteiger charge is -2.11. The summed E-state index contributed by atoms with van der Waals surface area (Å²) in [5.74, 6) is 0.666. The van der Waals surface area contributed by atoms with Gasteiger partial charge in [0, 0.05) is 11.6 Å². The van der Waals surface area contributed by atoms with Crippen LogP contribution in [0.5, 0.6) is 5.75 Å². The standard InChI is InChI=1S/C13H17ClN2O2/c1-18-10-3-2-9(11(14)8-10)4-7-16-12(17)13(15)5-6-13/h2-3,8H,4-7,15H2,1H3,(H,16,17). The van der Waals surface area contributed by atoms with Gasteiger partial charge in [0.2, 0.25) is 5.91 Å². The van der Waals surface area contributed by atoms with Crippen LogP contribution in [0, 0.1) is 0 Å². The van der Waals surface area contributed by atoms with Gasteiger partial charge in [-0.15, -0.1) is 0 Å². The minimum absolute atomic E-state index is 0.0628. The van der Waals surface area contributed by atoms with Crippen molar-refractivity contribution in [1.82, 2.24) is 5.32 Å². The van der Waals surface area contributed by atoms with E-state index < -0.39 is 5.54 Å². The number of methoxy groups -OCH3 is 1. The van der Waals surface area contributed by atoms with E-state index in [9.17, 15) is 4.79 Å². The van der Waals surface area contributed by atoms with Crippen LogP contribution in [0.1, 0.15) is 18.4 Å². The Kier molecular flexibility index (Phi) is 3.78. The molecule has 0 saturated heterocycles. The van der Waals surface area contributed by atoms with E-state index in [1.54, 1.807) is 13.2 Å². The van der Waals surface area contributed by atoms with E-state index in [-0.39, 0.29) is 5.91 Å². The molecule has 1 aromatic carbocycles. The Balaban J connectivity index is 1.85. The molecule has 18 heavy (non-hydrogen) atoms. The number of carbonyl (C=O) groups is 1. The maximum Gasteiger partial charge on any atom is 0.240 e. The van der Waals surface area contributed by atoms with Gasteiger partial charge in [0.15, 0.2) is 0 Å². The van der Waals surface area contributed by atoms with Crippen LogP contribution in [0.2, 0.25) is 5.02 Å². The predicted molar refractivity (Wildman–Crippen MR) is 70.9 cm³/mol. The van der Waals surface area contributed by atoms with Crippen LogP contribution in [0.15, 0.2) is 18.2 Å². The maximum absolute atomic E-state index is 11.6. The first kappa shape index (κ1) is 13.2. The van der Waals surface area contributed by atoms with Crippen LogP contribution >= 0.6 is 11.6 Å². The smallest absolute Gasteiger partial charge is 0.240 e. The van der Waals surface area contributed by atoms with E-state index in [4.69, 9.17) is 22.1 Å². The van der Waals surface area contributed by atoms with Crippen LogP contribution in [0.25, 0.3) is 0 Å².